The van der Waals surface area contributed by atoms with E-state index in [-0.39, 0.29) is 21.7 Å². The van der Waals surface area contributed by atoms with Crippen molar-refractivity contribution >= 4 is 16.3 Å². The van der Waals surface area contributed by atoms with E-state index < -0.39 is 4.65 Å². The third kappa shape index (κ3) is 9.30. The van der Waals surface area contributed by atoms with Crippen LogP contribution in [0.15, 0.2) is 36.4 Å². The smallest absolute Gasteiger partial charge is 0.272 e. The highest BCUT2D eigenvalue weighted by Crippen LogP contribution is 2.45. The Morgan fingerprint density at radius 2 is 0.821 bits per heavy atom. The average Bonchev–Trinajstić information content (AvgIpc) is 2.76. The molecule has 0 aliphatic rings. The summed E-state index contributed by atoms with van der Waals surface area (Å²) in [5.41, 5.74) is 4.61. The molecule has 2 rings (SSSR count). The Morgan fingerprint density at radius 3 is 1.10 bits per heavy atom. The zero-order chi connectivity index (χ0) is 29.9. The lowest BCUT2D eigenvalue weighted by Crippen LogP contribution is -2.45. The number of hydrogen-bond acceptors (Lipinski definition) is 2. The molecule has 2 aromatic rings. The molecule has 0 bridgehead atoms. The Balaban J connectivity index is 2.74. The highest BCUT2D eigenvalue weighted by molar-refractivity contribution is 6.13. The van der Waals surface area contributed by atoms with Gasteiger partial charge in [0.05, 0.1) is 0 Å². The van der Waals surface area contributed by atoms with Gasteiger partial charge in [-0.3, -0.25) is 0 Å². The molecular weight excluding hydrogens is 491 g/mol. The summed E-state index contributed by atoms with van der Waals surface area (Å²) in [4.78, 5) is 0. The second kappa shape index (κ2) is 12.6. The molecule has 216 valence electrons. The molecule has 0 atom stereocenters. The van der Waals surface area contributed by atoms with Gasteiger partial charge < -0.3 is 9.47 Å². The number of benzene rings is 2. The molecule has 2 nitrogen and oxygen atoms in total. The fourth-order valence-electron chi connectivity index (χ4n) is 5.10. The lowest BCUT2D eigenvalue weighted by atomic mass is 9.79. The van der Waals surface area contributed by atoms with Crippen LogP contribution >= 0.6 is 0 Å². The van der Waals surface area contributed by atoms with Gasteiger partial charge in [0.2, 0.25) is 0 Å². The minimum Gasteiger partial charge on any atom is -0.470 e. The van der Waals surface area contributed by atoms with E-state index >= 15 is 0 Å². The molecule has 3 heteroatoms. The minimum absolute atomic E-state index is 0.0663. The van der Waals surface area contributed by atoms with Crippen LogP contribution in [0.1, 0.15) is 151 Å². The summed E-state index contributed by atoms with van der Waals surface area (Å²) in [5.74, 6) is 1.93. The summed E-state index contributed by atoms with van der Waals surface area (Å²) in [5, 5.41) is 0. The molecule has 0 N–H and O–H groups in total. The second-order valence-corrected chi connectivity index (χ2v) is 16.4. The molecule has 0 aromatic heterocycles. The SMILES string of the molecule is CCCCCCC[C]([Al])(Oc1c(C(C)(C)C)cccc1C(C)(C)C)Oc1c(C(C)(C)C)cccc1C(C)(C)C. The van der Waals surface area contributed by atoms with Crippen molar-refractivity contribution in [1.29, 1.82) is 0 Å². The molecule has 0 heterocycles. The first-order valence-electron chi connectivity index (χ1n) is 15.2. The van der Waals surface area contributed by atoms with Crippen molar-refractivity contribution in [2.24, 2.45) is 0 Å². The van der Waals surface area contributed by atoms with E-state index in [1.165, 1.54) is 47.9 Å². The highest BCUT2D eigenvalue weighted by Gasteiger charge is 2.36. The Labute approximate surface area is 250 Å². The Hall–Kier alpha value is -1.43. The van der Waals surface area contributed by atoms with Gasteiger partial charge in [-0.1, -0.05) is 152 Å². The van der Waals surface area contributed by atoms with Gasteiger partial charge in [0.25, 0.3) is 16.3 Å². The van der Waals surface area contributed by atoms with Gasteiger partial charge in [0.15, 0.2) is 0 Å². The monoisotopic (exact) mass is 548 g/mol. The molecule has 39 heavy (non-hydrogen) atoms. The molecule has 2 radical (unpaired) electrons. The molecule has 0 aliphatic carbocycles. The van der Waals surface area contributed by atoms with Gasteiger partial charge >= 0.3 is 0 Å². The summed E-state index contributed by atoms with van der Waals surface area (Å²) in [6.07, 6.45) is 6.78. The Kier molecular flexibility index (Phi) is 10.9. The molecular formula is C36H57AlO2. The number of rotatable bonds is 10. The number of para-hydroxylation sites is 2. The van der Waals surface area contributed by atoms with Crippen molar-refractivity contribution in [2.75, 3.05) is 0 Å². The lowest BCUT2D eigenvalue weighted by Gasteiger charge is -2.41. The molecule has 2 aromatic carbocycles. The number of ether oxygens (including phenoxy) is 2. The topological polar surface area (TPSA) is 18.5 Å². The molecule has 0 saturated carbocycles. The van der Waals surface area contributed by atoms with E-state index in [9.17, 15) is 0 Å². The summed E-state index contributed by atoms with van der Waals surface area (Å²) in [6.45, 7) is 29.5. The van der Waals surface area contributed by atoms with Gasteiger partial charge in [-0.25, -0.2) is 0 Å². The van der Waals surface area contributed by atoms with E-state index in [0.29, 0.717) is 0 Å². The first-order valence-corrected chi connectivity index (χ1v) is 15.7. The zero-order valence-corrected chi connectivity index (χ0v) is 28.8. The van der Waals surface area contributed by atoms with Crippen molar-refractivity contribution < 1.29 is 9.47 Å². The van der Waals surface area contributed by atoms with Crippen LogP contribution in [-0.4, -0.2) is 20.9 Å². The number of hydrogen-bond donors (Lipinski definition) is 0. The molecule has 0 unspecified atom stereocenters. The fourth-order valence-corrected chi connectivity index (χ4v) is 5.54. The van der Waals surface area contributed by atoms with Crippen LogP contribution in [0, 0.1) is 0 Å². The predicted molar refractivity (Wildman–Crippen MR) is 171 cm³/mol. The standard InChI is InChI=1S/C36H57O2.Al/c1-14-15-16-17-18-25-30(37-31-26(33(2,3)4)21-19-22-27(31)34(5,6)7)38-32-28(35(8,9)10)23-20-24-29(32)36(11,12)13;/h19-24H,14-18,25H2,1-13H3;. The van der Waals surface area contributed by atoms with Crippen LogP contribution < -0.4 is 9.47 Å². The quantitative estimate of drug-likeness (QED) is 0.167. The Morgan fingerprint density at radius 1 is 0.513 bits per heavy atom. The van der Waals surface area contributed by atoms with E-state index in [0.717, 1.165) is 24.3 Å². The van der Waals surface area contributed by atoms with Crippen LogP contribution in [0.2, 0.25) is 0 Å². The predicted octanol–water partition coefficient (Wildman–Crippen LogP) is 10.5. The zero-order valence-electron chi connectivity index (χ0n) is 27.6. The third-order valence-corrected chi connectivity index (χ3v) is 7.96. The van der Waals surface area contributed by atoms with Crippen molar-refractivity contribution in [3.8, 4) is 11.5 Å². The van der Waals surface area contributed by atoms with Gasteiger partial charge in [-0.2, -0.15) is 0 Å². The largest absolute Gasteiger partial charge is 0.470 e. The van der Waals surface area contributed by atoms with Gasteiger partial charge in [-0.05, 0) is 50.3 Å². The maximum absolute atomic E-state index is 7.20. The highest BCUT2D eigenvalue weighted by atomic mass is 27.0. The molecule has 0 saturated heterocycles. The summed E-state index contributed by atoms with van der Waals surface area (Å²) in [6, 6.07) is 13.2. The van der Waals surface area contributed by atoms with E-state index in [1.807, 2.05) is 0 Å². The van der Waals surface area contributed by atoms with Crippen molar-refractivity contribution in [3.63, 3.8) is 0 Å². The molecule has 0 fully saturated rings. The van der Waals surface area contributed by atoms with Crippen LogP contribution in [0.4, 0.5) is 0 Å². The van der Waals surface area contributed by atoms with Crippen molar-refractivity contribution in [2.45, 2.75) is 155 Å². The Bertz CT molecular complexity index is 929. The minimum atomic E-state index is -0.894. The fraction of sp³-hybridized carbons (Fsp3) is 0.667. The normalized spacial score (nSPS) is 13.5. The van der Waals surface area contributed by atoms with Crippen molar-refractivity contribution in [1.82, 2.24) is 0 Å². The molecule has 0 spiro atoms. The van der Waals surface area contributed by atoms with Gasteiger partial charge in [0.1, 0.15) is 16.1 Å². The van der Waals surface area contributed by atoms with Crippen LogP contribution in [0.3, 0.4) is 0 Å². The van der Waals surface area contributed by atoms with E-state index in [4.69, 9.17) is 9.47 Å². The van der Waals surface area contributed by atoms with Crippen LogP contribution in [0.5, 0.6) is 11.5 Å². The van der Waals surface area contributed by atoms with Crippen LogP contribution in [0.25, 0.3) is 0 Å². The van der Waals surface area contributed by atoms with E-state index in [2.05, 4.69) is 143 Å². The molecule has 0 aliphatic heterocycles. The van der Waals surface area contributed by atoms with Gasteiger partial charge in [0, 0.05) is 6.42 Å². The maximum Gasteiger partial charge on any atom is 0.272 e. The first-order chi connectivity index (χ1) is 17.7. The summed E-state index contributed by atoms with van der Waals surface area (Å²) in [7, 11) is 0. The van der Waals surface area contributed by atoms with Crippen LogP contribution in [-0.2, 0) is 21.7 Å². The second-order valence-electron chi connectivity index (χ2n) is 15.5. The van der Waals surface area contributed by atoms with E-state index in [1.54, 1.807) is 0 Å². The molecule has 0 amide bonds. The first kappa shape index (κ1) is 33.8. The lowest BCUT2D eigenvalue weighted by molar-refractivity contribution is -0.0504. The maximum atomic E-state index is 7.20. The number of unbranched alkanes of at least 4 members (excludes halogenated alkanes) is 4. The summed E-state index contributed by atoms with van der Waals surface area (Å²) >= 11 is 3.02. The third-order valence-electron chi connectivity index (χ3n) is 7.44. The summed E-state index contributed by atoms with van der Waals surface area (Å²) < 4.78 is 13.5. The average molecular weight is 549 g/mol. The van der Waals surface area contributed by atoms with Crippen molar-refractivity contribution in [3.05, 3.63) is 58.7 Å². The van der Waals surface area contributed by atoms with Gasteiger partial charge in [-0.15, -0.1) is 0 Å².